The first-order chi connectivity index (χ1) is 13.3. The van der Waals surface area contributed by atoms with Crippen LogP contribution in [0.2, 0.25) is 0 Å². The zero-order chi connectivity index (χ0) is 18.1. The second-order valence-corrected chi connectivity index (χ2v) is 8.40. The fraction of sp³-hybridized carbons (Fsp3) is 0.700. The minimum atomic E-state index is 0.134. The summed E-state index contributed by atoms with van der Waals surface area (Å²) in [6.45, 7) is 7.82. The molecule has 27 heavy (non-hydrogen) atoms. The third-order valence-corrected chi connectivity index (χ3v) is 6.30. The molecule has 2 aliphatic heterocycles. The smallest absolute Gasteiger partial charge is 0.120 e. The molecule has 1 saturated heterocycles. The number of ether oxygens (including phenoxy) is 1. The fourth-order valence-corrected chi connectivity index (χ4v) is 5.01. The van der Waals surface area contributed by atoms with Crippen molar-refractivity contribution in [1.29, 1.82) is 0 Å². The fourth-order valence-electron chi connectivity index (χ4n) is 5.01. The molecule has 1 saturated carbocycles. The maximum atomic E-state index is 6.17. The van der Waals surface area contributed by atoms with Crippen LogP contribution >= 0.6 is 0 Å². The molecule has 4 heterocycles. The summed E-state index contributed by atoms with van der Waals surface area (Å²) in [6, 6.07) is 2.32. The molecule has 2 aromatic rings. The lowest BCUT2D eigenvalue weighted by molar-refractivity contribution is -0.107. The van der Waals surface area contributed by atoms with E-state index < -0.39 is 0 Å². The van der Waals surface area contributed by atoms with Gasteiger partial charge in [0, 0.05) is 51.7 Å². The molecule has 0 atom stereocenters. The summed E-state index contributed by atoms with van der Waals surface area (Å²) in [6.07, 6.45) is 9.95. The largest absolute Gasteiger partial charge is 0.372 e. The molecule has 3 aliphatic rings. The van der Waals surface area contributed by atoms with Gasteiger partial charge in [0.1, 0.15) is 5.82 Å². The average Bonchev–Trinajstić information content (AvgIpc) is 3.37. The van der Waals surface area contributed by atoms with Crippen LogP contribution < -0.4 is 0 Å². The zero-order valence-corrected chi connectivity index (χ0v) is 16.1. The van der Waals surface area contributed by atoms with Crippen LogP contribution in [0.25, 0.3) is 0 Å². The van der Waals surface area contributed by atoms with Gasteiger partial charge in [-0.05, 0) is 25.3 Å². The van der Waals surface area contributed by atoms with Crippen molar-refractivity contribution in [3.63, 3.8) is 0 Å². The van der Waals surface area contributed by atoms with E-state index in [-0.39, 0.29) is 5.60 Å². The van der Waals surface area contributed by atoms with Crippen LogP contribution in [-0.2, 0) is 30.9 Å². The lowest BCUT2D eigenvalue weighted by Gasteiger charge is -2.40. The number of nitrogens with zero attached hydrogens (tertiary/aromatic N) is 5. The molecule has 2 aromatic heterocycles. The second-order valence-electron chi connectivity index (χ2n) is 8.40. The Hall–Kier alpha value is -1.70. The summed E-state index contributed by atoms with van der Waals surface area (Å²) in [5, 5.41) is 4.94. The Kier molecular flexibility index (Phi) is 4.75. The number of hydrogen-bond acceptors (Lipinski definition) is 5. The van der Waals surface area contributed by atoms with E-state index in [0.717, 1.165) is 64.7 Å². The van der Waals surface area contributed by atoms with E-state index in [1.165, 1.54) is 37.1 Å². The first kappa shape index (κ1) is 17.4. The maximum Gasteiger partial charge on any atom is 0.120 e. The van der Waals surface area contributed by atoms with Crippen molar-refractivity contribution in [3.05, 3.63) is 35.7 Å². The van der Waals surface area contributed by atoms with Gasteiger partial charge >= 0.3 is 0 Å². The van der Waals surface area contributed by atoms with Gasteiger partial charge in [-0.1, -0.05) is 12.8 Å². The van der Waals surface area contributed by atoms with E-state index in [4.69, 9.17) is 9.84 Å². The number of imidazole rings is 1. The summed E-state index contributed by atoms with van der Waals surface area (Å²) in [5.41, 5.74) is 2.67. The van der Waals surface area contributed by atoms with Gasteiger partial charge in [0.2, 0.25) is 0 Å². The number of aromatic amines is 1. The van der Waals surface area contributed by atoms with Crippen molar-refractivity contribution >= 4 is 0 Å². The van der Waals surface area contributed by atoms with Gasteiger partial charge in [-0.3, -0.25) is 14.5 Å². The number of rotatable bonds is 4. The van der Waals surface area contributed by atoms with Crippen molar-refractivity contribution in [2.24, 2.45) is 0 Å². The summed E-state index contributed by atoms with van der Waals surface area (Å²) in [7, 11) is 0. The maximum absolute atomic E-state index is 6.17. The average molecular weight is 371 g/mol. The third-order valence-electron chi connectivity index (χ3n) is 6.30. The Morgan fingerprint density at radius 3 is 2.85 bits per heavy atom. The molecular weight excluding hydrogens is 340 g/mol. The Bertz CT molecular complexity index is 749. The van der Waals surface area contributed by atoms with Crippen molar-refractivity contribution in [1.82, 2.24) is 29.5 Å². The van der Waals surface area contributed by atoms with E-state index >= 15 is 0 Å². The molecule has 0 amide bonds. The van der Waals surface area contributed by atoms with E-state index in [9.17, 15) is 0 Å². The monoisotopic (exact) mass is 370 g/mol. The molecule has 7 nitrogen and oxygen atoms in total. The van der Waals surface area contributed by atoms with Crippen LogP contribution in [0.1, 0.15) is 49.3 Å². The third kappa shape index (κ3) is 3.81. The number of fused-ring (bicyclic) bond motifs is 1. The van der Waals surface area contributed by atoms with Crippen LogP contribution in [0, 0.1) is 0 Å². The van der Waals surface area contributed by atoms with Crippen LogP contribution in [0.5, 0.6) is 0 Å². The quantitative estimate of drug-likeness (QED) is 0.894. The lowest BCUT2D eigenvalue weighted by Crippen LogP contribution is -2.49. The lowest BCUT2D eigenvalue weighted by atomic mass is 9.99. The van der Waals surface area contributed by atoms with Gasteiger partial charge in [0.05, 0.1) is 30.1 Å². The van der Waals surface area contributed by atoms with Crippen molar-refractivity contribution < 1.29 is 4.74 Å². The van der Waals surface area contributed by atoms with E-state index in [2.05, 4.69) is 30.5 Å². The highest BCUT2D eigenvalue weighted by atomic mass is 16.5. The molecule has 146 valence electrons. The highest BCUT2D eigenvalue weighted by Crippen LogP contribution is 2.36. The first-order valence-electron chi connectivity index (χ1n) is 10.4. The van der Waals surface area contributed by atoms with E-state index in [1.807, 2.05) is 12.4 Å². The normalized spacial score (nSPS) is 23.6. The standard InChI is InChI=1S/C20H30N6O/c1-2-5-20(4-1)16-25(10-11-27-20)13-17-12-18-14-24(8-3-9-26(18)23-17)15-19-21-6-7-22-19/h6-7,12H,1-5,8-11,13-16H2,(H,21,22). The van der Waals surface area contributed by atoms with E-state index in [1.54, 1.807) is 0 Å². The Morgan fingerprint density at radius 2 is 2.00 bits per heavy atom. The van der Waals surface area contributed by atoms with Gasteiger partial charge in [0.15, 0.2) is 0 Å². The van der Waals surface area contributed by atoms with Gasteiger partial charge in [-0.15, -0.1) is 0 Å². The van der Waals surface area contributed by atoms with Crippen LogP contribution in [0.15, 0.2) is 18.5 Å². The molecule has 7 heteroatoms. The summed E-state index contributed by atoms with van der Waals surface area (Å²) >= 11 is 0. The number of aromatic nitrogens is 4. The van der Waals surface area contributed by atoms with Gasteiger partial charge < -0.3 is 9.72 Å². The SMILES string of the molecule is c1c[nH]c(CN2CCCn3nc(CN4CCOC5(CCCC5)C4)cc3C2)n1. The first-order valence-corrected chi connectivity index (χ1v) is 10.4. The number of aryl methyl sites for hydroxylation is 1. The van der Waals surface area contributed by atoms with Crippen molar-refractivity contribution in [3.8, 4) is 0 Å². The second kappa shape index (κ2) is 7.37. The zero-order valence-electron chi connectivity index (χ0n) is 16.1. The molecule has 0 bridgehead atoms. The van der Waals surface area contributed by atoms with E-state index in [0.29, 0.717) is 0 Å². The Balaban J connectivity index is 1.25. The number of morpholine rings is 1. The van der Waals surface area contributed by atoms with Crippen LogP contribution in [0.3, 0.4) is 0 Å². The topological polar surface area (TPSA) is 62.2 Å². The number of hydrogen-bond donors (Lipinski definition) is 1. The Labute approximate surface area is 160 Å². The van der Waals surface area contributed by atoms with Gasteiger partial charge in [-0.25, -0.2) is 4.98 Å². The number of H-pyrrole nitrogens is 1. The summed E-state index contributed by atoms with van der Waals surface area (Å²) in [4.78, 5) is 12.6. The molecule has 0 radical (unpaired) electrons. The highest BCUT2D eigenvalue weighted by molar-refractivity contribution is 5.12. The molecule has 1 aliphatic carbocycles. The molecule has 1 spiro atoms. The summed E-state index contributed by atoms with van der Waals surface area (Å²) in [5.74, 6) is 1.04. The molecule has 0 aromatic carbocycles. The molecular formula is C20H30N6O. The van der Waals surface area contributed by atoms with Gasteiger partial charge in [-0.2, -0.15) is 5.10 Å². The van der Waals surface area contributed by atoms with Crippen LogP contribution in [-0.4, -0.2) is 61.4 Å². The minimum Gasteiger partial charge on any atom is -0.372 e. The predicted octanol–water partition coefficient (Wildman–Crippen LogP) is 2.16. The molecule has 1 N–H and O–H groups in total. The molecule has 2 fully saturated rings. The van der Waals surface area contributed by atoms with Crippen molar-refractivity contribution in [2.45, 2.75) is 63.9 Å². The van der Waals surface area contributed by atoms with Gasteiger partial charge in [0.25, 0.3) is 0 Å². The van der Waals surface area contributed by atoms with Crippen LogP contribution in [0.4, 0.5) is 0 Å². The number of nitrogens with one attached hydrogen (secondary N) is 1. The van der Waals surface area contributed by atoms with Crippen molar-refractivity contribution in [2.75, 3.05) is 26.2 Å². The molecule has 5 rings (SSSR count). The summed E-state index contributed by atoms with van der Waals surface area (Å²) < 4.78 is 8.40. The minimum absolute atomic E-state index is 0.134. The predicted molar refractivity (Wildman–Crippen MR) is 102 cm³/mol. The molecule has 0 unspecified atom stereocenters. The highest BCUT2D eigenvalue weighted by Gasteiger charge is 2.39. The Morgan fingerprint density at radius 1 is 1.07 bits per heavy atom.